The predicted octanol–water partition coefficient (Wildman–Crippen LogP) is 2.83. The summed E-state index contributed by atoms with van der Waals surface area (Å²) in [5.41, 5.74) is -0.654. The van der Waals surface area contributed by atoms with Gasteiger partial charge in [-0.15, -0.1) is 0 Å². The van der Waals surface area contributed by atoms with Gasteiger partial charge in [0, 0.05) is 5.75 Å². The Kier molecular flexibility index (Phi) is 9.75. The first-order valence-electron chi connectivity index (χ1n) is 11.3. The quantitative estimate of drug-likeness (QED) is 0.413. The van der Waals surface area contributed by atoms with Gasteiger partial charge in [0.25, 0.3) is 0 Å². The van der Waals surface area contributed by atoms with E-state index in [-0.39, 0.29) is 11.8 Å². The summed E-state index contributed by atoms with van der Waals surface area (Å²) in [6, 6.07) is -1.30. The molecule has 0 aliphatic heterocycles. The summed E-state index contributed by atoms with van der Waals surface area (Å²) in [5, 5.41) is 26.9. The third-order valence-corrected chi connectivity index (χ3v) is 6.51. The van der Waals surface area contributed by atoms with Crippen LogP contribution in [-0.2, 0) is 9.53 Å². The van der Waals surface area contributed by atoms with E-state index in [2.05, 4.69) is 10.6 Å². The smallest absolute Gasteiger partial charge is 0.408 e. The van der Waals surface area contributed by atoms with Crippen LogP contribution in [0.4, 0.5) is 4.79 Å². The molecule has 2 aliphatic rings. The van der Waals surface area contributed by atoms with Crippen LogP contribution in [-0.4, -0.2) is 64.1 Å². The molecule has 4 N–H and O–H groups in total. The molecule has 0 heterocycles. The van der Waals surface area contributed by atoms with Gasteiger partial charge < -0.3 is 25.6 Å². The Morgan fingerprint density at radius 3 is 2.23 bits per heavy atom. The molecular weight excluding hydrogens is 404 g/mol. The second-order valence-electron chi connectivity index (χ2n) is 9.83. The summed E-state index contributed by atoms with van der Waals surface area (Å²) in [5.74, 6) is 0.594. The average molecular weight is 445 g/mol. The van der Waals surface area contributed by atoms with Gasteiger partial charge in [-0.25, -0.2) is 4.79 Å². The Balaban J connectivity index is 2.03. The molecular formula is C22H40N2O5S. The Morgan fingerprint density at radius 2 is 1.70 bits per heavy atom. The molecule has 0 aromatic heterocycles. The van der Waals surface area contributed by atoms with Crippen molar-refractivity contribution in [2.75, 3.05) is 12.0 Å². The van der Waals surface area contributed by atoms with Gasteiger partial charge >= 0.3 is 6.09 Å². The van der Waals surface area contributed by atoms with Gasteiger partial charge in [0.2, 0.25) is 5.91 Å². The number of carbonyl (C=O) groups excluding carboxylic acids is 2. The van der Waals surface area contributed by atoms with E-state index in [9.17, 15) is 19.8 Å². The molecule has 7 nitrogen and oxygen atoms in total. The Bertz CT molecular complexity index is 558. The van der Waals surface area contributed by atoms with Gasteiger partial charge in [-0.1, -0.05) is 32.1 Å². The number of hydrogen-bond donors (Lipinski definition) is 4. The molecule has 174 valence electrons. The van der Waals surface area contributed by atoms with Crippen LogP contribution >= 0.6 is 11.8 Å². The van der Waals surface area contributed by atoms with Crippen molar-refractivity contribution >= 4 is 23.8 Å². The molecule has 2 aliphatic carbocycles. The van der Waals surface area contributed by atoms with E-state index in [1.165, 1.54) is 31.0 Å². The first-order valence-corrected chi connectivity index (χ1v) is 12.6. The van der Waals surface area contributed by atoms with Crippen molar-refractivity contribution in [3.05, 3.63) is 0 Å². The van der Waals surface area contributed by atoms with Crippen LogP contribution in [0.1, 0.15) is 72.1 Å². The van der Waals surface area contributed by atoms with Crippen molar-refractivity contribution in [2.45, 2.75) is 102 Å². The van der Waals surface area contributed by atoms with Gasteiger partial charge in [0.1, 0.15) is 17.7 Å². The molecule has 4 atom stereocenters. The molecule has 2 rings (SSSR count). The number of alkyl carbamates (subject to hydrolysis) is 1. The van der Waals surface area contributed by atoms with Crippen molar-refractivity contribution in [1.29, 1.82) is 0 Å². The maximum absolute atomic E-state index is 13.0. The van der Waals surface area contributed by atoms with Crippen LogP contribution in [0.5, 0.6) is 0 Å². The van der Waals surface area contributed by atoms with E-state index in [1.807, 2.05) is 6.26 Å². The molecule has 0 aromatic carbocycles. The largest absolute Gasteiger partial charge is 0.444 e. The number of aliphatic hydroxyl groups is 2. The third kappa shape index (κ3) is 8.63. The van der Waals surface area contributed by atoms with E-state index in [0.29, 0.717) is 18.1 Å². The summed E-state index contributed by atoms with van der Waals surface area (Å²) in [7, 11) is 0. The highest BCUT2D eigenvalue weighted by Crippen LogP contribution is 2.36. The molecule has 2 amide bonds. The van der Waals surface area contributed by atoms with E-state index < -0.39 is 36.0 Å². The summed E-state index contributed by atoms with van der Waals surface area (Å²) in [6.07, 6.45) is 7.62. The maximum atomic E-state index is 13.0. The highest BCUT2D eigenvalue weighted by Gasteiger charge is 2.40. The van der Waals surface area contributed by atoms with Crippen molar-refractivity contribution in [3.8, 4) is 0 Å². The Morgan fingerprint density at radius 1 is 1.07 bits per heavy atom. The lowest BCUT2D eigenvalue weighted by molar-refractivity contribution is -0.125. The lowest BCUT2D eigenvalue weighted by Crippen LogP contribution is -2.56. The fourth-order valence-corrected chi connectivity index (χ4v) is 4.67. The molecule has 0 radical (unpaired) electrons. The Hall–Kier alpha value is -0.990. The minimum absolute atomic E-state index is 0.118. The topological polar surface area (TPSA) is 108 Å². The normalized spacial score (nSPS) is 21.9. The van der Waals surface area contributed by atoms with E-state index in [0.717, 1.165) is 25.7 Å². The van der Waals surface area contributed by atoms with E-state index in [1.54, 1.807) is 20.8 Å². The van der Waals surface area contributed by atoms with Gasteiger partial charge in [-0.2, -0.15) is 11.8 Å². The van der Waals surface area contributed by atoms with Gasteiger partial charge in [-0.3, -0.25) is 4.79 Å². The zero-order valence-electron chi connectivity index (χ0n) is 18.9. The standard InChI is InChI=1S/C22H40N2O5S/c1-22(2,3)29-21(28)24-17(13-30-4)20(27)23-16(12-14-8-6-5-7-9-14)19(26)18(25)15-10-11-15/h14-19,25-26H,5-13H2,1-4H3,(H,23,27)(H,24,28)/t16-,17-,18-,19+/m0/s1. The number of aliphatic hydroxyl groups excluding tert-OH is 2. The van der Waals surface area contributed by atoms with Gasteiger partial charge in [0.15, 0.2) is 0 Å². The summed E-state index contributed by atoms with van der Waals surface area (Å²) >= 11 is 1.45. The molecule has 0 saturated heterocycles. The first-order chi connectivity index (χ1) is 14.1. The number of thioether (sulfide) groups is 1. The van der Waals surface area contributed by atoms with Crippen molar-refractivity contribution in [3.63, 3.8) is 0 Å². The number of hydrogen-bond acceptors (Lipinski definition) is 6. The second kappa shape index (κ2) is 11.6. The Labute approximate surface area is 185 Å². The SMILES string of the molecule is CSC[C@H](NC(=O)OC(C)(C)C)C(=O)N[C@@H](CC1CCCCC1)[C@@H](O)[C@@H](O)C1CC1. The highest BCUT2D eigenvalue weighted by molar-refractivity contribution is 7.98. The van der Waals surface area contributed by atoms with Crippen molar-refractivity contribution in [1.82, 2.24) is 10.6 Å². The number of amides is 2. The number of carbonyl (C=O) groups is 2. The second-order valence-corrected chi connectivity index (χ2v) is 10.7. The van der Waals surface area contributed by atoms with Crippen molar-refractivity contribution < 1.29 is 24.5 Å². The molecule has 2 saturated carbocycles. The molecule has 0 aromatic rings. The van der Waals surface area contributed by atoms with E-state index >= 15 is 0 Å². The van der Waals surface area contributed by atoms with Crippen LogP contribution in [0.15, 0.2) is 0 Å². The van der Waals surface area contributed by atoms with Crippen LogP contribution in [0.3, 0.4) is 0 Å². The fourth-order valence-electron chi connectivity index (χ4n) is 4.10. The van der Waals surface area contributed by atoms with Crippen molar-refractivity contribution in [2.24, 2.45) is 11.8 Å². The van der Waals surface area contributed by atoms with Crippen LogP contribution in [0.25, 0.3) is 0 Å². The number of ether oxygens (including phenoxy) is 1. The molecule has 0 spiro atoms. The zero-order valence-corrected chi connectivity index (χ0v) is 19.7. The minimum Gasteiger partial charge on any atom is -0.444 e. The molecule has 0 unspecified atom stereocenters. The molecule has 0 bridgehead atoms. The first kappa shape index (κ1) is 25.3. The average Bonchev–Trinajstić information content (AvgIpc) is 3.50. The zero-order chi connectivity index (χ0) is 22.3. The lowest BCUT2D eigenvalue weighted by Gasteiger charge is -2.33. The molecule has 30 heavy (non-hydrogen) atoms. The summed E-state index contributed by atoms with van der Waals surface area (Å²) < 4.78 is 5.29. The minimum atomic E-state index is -1.00. The fraction of sp³-hybridized carbons (Fsp3) is 0.909. The van der Waals surface area contributed by atoms with Crippen LogP contribution in [0, 0.1) is 11.8 Å². The molecule has 2 fully saturated rings. The monoisotopic (exact) mass is 444 g/mol. The number of rotatable bonds is 10. The third-order valence-electron chi connectivity index (χ3n) is 5.85. The predicted molar refractivity (Wildman–Crippen MR) is 119 cm³/mol. The maximum Gasteiger partial charge on any atom is 0.408 e. The van der Waals surface area contributed by atoms with Crippen LogP contribution in [0.2, 0.25) is 0 Å². The highest BCUT2D eigenvalue weighted by atomic mass is 32.2. The van der Waals surface area contributed by atoms with E-state index in [4.69, 9.17) is 4.74 Å². The van der Waals surface area contributed by atoms with Gasteiger partial charge in [0.05, 0.1) is 12.1 Å². The van der Waals surface area contributed by atoms with Gasteiger partial charge in [-0.05, 0) is 58.1 Å². The summed E-state index contributed by atoms with van der Waals surface area (Å²) in [4.78, 5) is 25.2. The molecule has 8 heteroatoms. The summed E-state index contributed by atoms with van der Waals surface area (Å²) in [6.45, 7) is 5.31. The lowest BCUT2D eigenvalue weighted by atomic mass is 9.82. The number of nitrogens with one attached hydrogen (secondary N) is 2. The van der Waals surface area contributed by atoms with Crippen LogP contribution < -0.4 is 10.6 Å².